The van der Waals surface area contributed by atoms with Crippen LogP contribution in [-0.2, 0) is 7.05 Å². The number of aromatic nitrogens is 4. The van der Waals surface area contributed by atoms with E-state index in [1.54, 1.807) is 13.2 Å². The SMILES string of the molecule is Cn1cc(-n2nccc(C(N)=O)c2=O)cn1. The van der Waals surface area contributed by atoms with Gasteiger partial charge in [0.25, 0.3) is 11.5 Å². The average Bonchev–Trinajstić information content (AvgIpc) is 2.64. The maximum absolute atomic E-state index is 11.8. The Morgan fingerprint density at radius 2 is 2.19 bits per heavy atom. The lowest BCUT2D eigenvalue weighted by Crippen LogP contribution is -2.29. The summed E-state index contributed by atoms with van der Waals surface area (Å²) in [5.41, 5.74) is 4.90. The Morgan fingerprint density at radius 3 is 2.75 bits per heavy atom. The average molecular weight is 219 g/mol. The van der Waals surface area contributed by atoms with Crippen LogP contribution in [0.3, 0.4) is 0 Å². The summed E-state index contributed by atoms with van der Waals surface area (Å²) >= 11 is 0. The number of primary amides is 1. The number of hydrogen-bond acceptors (Lipinski definition) is 4. The first-order valence-electron chi connectivity index (χ1n) is 4.47. The number of amides is 1. The predicted octanol–water partition coefficient (Wildman–Crippen LogP) is -0.935. The number of nitrogens with two attached hydrogens (primary N) is 1. The molecule has 2 heterocycles. The molecule has 16 heavy (non-hydrogen) atoms. The minimum atomic E-state index is -0.773. The van der Waals surface area contributed by atoms with Crippen LogP contribution in [0.5, 0.6) is 0 Å². The van der Waals surface area contributed by atoms with E-state index < -0.39 is 11.5 Å². The zero-order chi connectivity index (χ0) is 11.7. The van der Waals surface area contributed by atoms with Crippen LogP contribution in [0.15, 0.2) is 29.5 Å². The topological polar surface area (TPSA) is 95.8 Å². The maximum Gasteiger partial charge on any atom is 0.284 e. The third-order valence-corrected chi connectivity index (χ3v) is 2.05. The highest BCUT2D eigenvalue weighted by molar-refractivity contribution is 5.92. The van der Waals surface area contributed by atoms with E-state index in [-0.39, 0.29) is 5.56 Å². The molecule has 0 aliphatic rings. The zero-order valence-corrected chi connectivity index (χ0v) is 8.49. The van der Waals surface area contributed by atoms with Crippen molar-refractivity contribution in [2.24, 2.45) is 12.8 Å². The van der Waals surface area contributed by atoms with Crippen LogP contribution < -0.4 is 11.3 Å². The van der Waals surface area contributed by atoms with E-state index in [2.05, 4.69) is 10.2 Å². The molecule has 0 aromatic carbocycles. The summed E-state index contributed by atoms with van der Waals surface area (Å²) in [6.07, 6.45) is 4.42. The molecule has 0 aliphatic heterocycles. The zero-order valence-electron chi connectivity index (χ0n) is 8.49. The van der Waals surface area contributed by atoms with Crippen LogP contribution in [0.25, 0.3) is 5.69 Å². The molecule has 0 saturated heterocycles. The lowest BCUT2D eigenvalue weighted by Gasteiger charge is -2.01. The van der Waals surface area contributed by atoms with E-state index in [0.29, 0.717) is 5.69 Å². The van der Waals surface area contributed by atoms with Gasteiger partial charge in [0.1, 0.15) is 11.3 Å². The second-order valence-electron chi connectivity index (χ2n) is 3.20. The summed E-state index contributed by atoms with van der Waals surface area (Å²) in [5.74, 6) is -0.773. The third-order valence-electron chi connectivity index (χ3n) is 2.05. The van der Waals surface area contributed by atoms with Gasteiger partial charge in [-0.3, -0.25) is 14.3 Å². The predicted molar refractivity (Wildman–Crippen MR) is 55.1 cm³/mol. The smallest absolute Gasteiger partial charge is 0.284 e. The number of carbonyl (C=O) groups excluding carboxylic acids is 1. The van der Waals surface area contributed by atoms with Gasteiger partial charge in [-0.05, 0) is 6.07 Å². The second kappa shape index (κ2) is 3.61. The fourth-order valence-corrected chi connectivity index (χ4v) is 1.30. The van der Waals surface area contributed by atoms with Crippen LogP contribution in [0.4, 0.5) is 0 Å². The lowest BCUT2D eigenvalue weighted by atomic mass is 10.3. The molecule has 0 fully saturated rings. The number of nitrogens with zero attached hydrogens (tertiary/aromatic N) is 4. The summed E-state index contributed by atoms with van der Waals surface area (Å²) in [4.78, 5) is 22.8. The molecule has 7 heteroatoms. The van der Waals surface area contributed by atoms with Gasteiger partial charge in [-0.25, -0.2) is 0 Å². The quantitative estimate of drug-likeness (QED) is 0.705. The fraction of sp³-hybridized carbons (Fsp3) is 0.111. The van der Waals surface area contributed by atoms with Crippen LogP contribution in [0, 0.1) is 0 Å². The van der Waals surface area contributed by atoms with Crippen molar-refractivity contribution in [3.05, 3.63) is 40.6 Å². The van der Waals surface area contributed by atoms with Gasteiger partial charge in [0, 0.05) is 13.2 Å². The standard InChI is InChI=1S/C9H9N5O2/c1-13-5-6(4-12-13)14-9(16)7(8(10)15)2-3-11-14/h2-5H,1H3,(H2,10,15). The third kappa shape index (κ3) is 1.58. The second-order valence-corrected chi connectivity index (χ2v) is 3.20. The van der Waals surface area contributed by atoms with E-state index in [4.69, 9.17) is 5.73 Å². The molecule has 2 N–H and O–H groups in total. The van der Waals surface area contributed by atoms with Crippen molar-refractivity contribution in [3.63, 3.8) is 0 Å². The monoisotopic (exact) mass is 219 g/mol. The molecule has 2 aromatic rings. The van der Waals surface area contributed by atoms with Crippen molar-refractivity contribution in [2.45, 2.75) is 0 Å². The van der Waals surface area contributed by atoms with Gasteiger partial charge >= 0.3 is 0 Å². The first-order valence-corrected chi connectivity index (χ1v) is 4.47. The van der Waals surface area contributed by atoms with Crippen molar-refractivity contribution >= 4 is 5.91 Å². The number of carbonyl (C=O) groups is 1. The van der Waals surface area contributed by atoms with Crippen molar-refractivity contribution in [1.29, 1.82) is 0 Å². The molecule has 82 valence electrons. The molecule has 2 rings (SSSR count). The molecule has 2 aromatic heterocycles. The van der Waals surface area contributed by atoms with Gasteiger partial charge in [-0.15, -0.1) is 0 Å². The fourth-order valence-electron chi connectivity index (χ4n) is 1.30. The summed E-state index contributed by atoms with van der Waals surface area (Å²) in [6, 6.07) is 1.29. The Labute approximate surface area is 90.1 Å². The summed E-state index contributed by atoms with van der Waals surface area (Å²) in [6.45, 7) is 0. The van der Waals surface area contributed by atoms with Crippen LogP contribution >= 0.6 is 0 Å². The number of rotatable bonds is 2. The van der Waals surface area contributed by atoms with E-state index >= 15 is 0 Å². The molecule has 7 nitrogen and oxygen atoms in total. The number of hydrogen-bond donors (Lipinski definition) is 1. The van der Waals surface area contributed by atoms with Gasteiger partial charge in [0.05, 0.1) is 12.4 Å². The largest absolute Gasteiger partial charge is 0.365 e. The van der Waals surface area contributed by atoms with Crippen molar-refractivity contribution in [3.8, 4) is 5.69 Å². The van der Waals surface area contributed by atoms with E-state index in [1.807, 2.05) is 0 Å². The molecule has 1 amide bonds. The van der Waals surface area contributed by atoms with Crippen LogP contribution in [0.2, 0.25) is 0 Å². The van der Waals surface area contributed by atoms with Gasteiger partial charge in [-0.1, -0.05) is 0 Å². The lowest BCUT2D eigenvalue weighted by molar-refractivity contribution is 0.0998. The van der Waals surface area contributed by atoms with Crippen LogP contribution in [0.1, 0.15) is 10.4 Å². The van der Waals surface area contributed by atoms with Gasteiger partial charge in [0.2, 0.25) is 0 Å². The van der Waals surface area contributed by atoms with Crippen molar-refractivity contribution < 1.29 is 4.79 Å². The van der Waals surface area contributed by atoms with Crippen molar-refractivity contribution in [2.75, 3.05) is 0 Å². The highest BCUT2D eigenvalue weighted by atomic mass is 16.2. The highest BCUT2D eigenvalue weighted by Gasteiger charge is 2.11. The molecule has 0 radical (unpaired) electrons. The minimum absolute atomic E-state index is 0.0983. The molecule has 0 atom stereocenters. The van der Waals surface area contributed by atoms with Gasteiger partial charge in [0.15, 0.2) is 0 Å². The molecule has 0 aliphatic carbocycles. The number of aryl methyl sites for hydroxylation is 1. The Kier molecular flexibility index (Phi) is 2.28. The minimum Gasteiger partial charge on any atom is -0.365 e. The molecule has 0 unspecified atom stereocenters. The van der Waals surface area contributed by atoms with Gasteiger partial charge < -0.3 is 5.73 Å². The molecule has 0 saturated carbocycles. The van der Waals surface area contributed by atoms with E-state index in [1.165, 1.54) is 23.1 Å². The molecular weight excluding hydrogens is 210 g/mol. The van der Waals surface area contributed by atoms with E-state index in [9.17, 15) is 9.59 Å². The first-order chi connectivity index (χ1) is 7.59. The molecule has 0 bridgehead atoms. The Morgan fingerprint density at radius 1 is 1.44 bits per heavy atom. The Hall–Kier alpha value is -2.44. The highest BCUT2D eigenvalue weighted by Crippen LogP contribution is 2.00. The molecular formula is C9H9N5O2. The van der Waals surface area contributed by atoms with Crippen molar-refractivity contribution in [1.82, 2.24) is 19.6 Å². The maximum atomic E-state index is 11.8. The Balaban J connectivity index is 2.63. The normalized spacial score (nSPS) is 10.3. The first kappa shape index (κ1) is 10.1. The molecule has 0 spiro atoms. The summed E-state index contributed by atoms with van der Waals surface area (Å²) < 4.78 is 2.60. The summed E-state index contributed by atoms with van der Waals surface area (Å²) in [5, 5.41) is 7.76. The van der Waals surface area contributed by atoms with E-state index in [0.717, 1.165) is 4.68 Å². The Bertz CT molecular complexity index is 598. The summed E-state index contributed by atoms with van der Waals surface area (Å²) in [7, 11) is 1.71. The van der Waals surface area contributed by atoms with Gasteiger partial charge in [-0.2, -0.15) is 14.9 Å². The van der Waals surface area contributed by atoms with Crippen LogP contribution in [-0.4, -0.2) is 25.5 Å².